The topological polar surface area (TPSA) is 105 Å². The van der Waals surface area contributed by atoms with E-state index in [1.807, 2.05) is 0 Å². The van der Waals surface area contributed by atoms with Gasteiger partial charge < -0.3 is 15.6 Å². The highest BCUT2D eigenvalue weighted by molar-refractivity contribution is 5.98. The third-order valence-corrected chi connectivity index (χ3v) is 2.02. The molecule has 6 nitrogen and oxygen atoms in total. The molecule has 0 saturated carbocycles. The number of aliphatic hydroxyl groups excluding tert-OH is 1. The quantitative estimate of drug-likeness (QED) is 0.469. The van der Waals surface area contributed by atoms with E-state index in [1.165, 1.54) is 0 Å². The number of hydrogen-bond donors (Lipinski definition) is 3. The number of nitrogens with one attached hydrogen (secondary N) is 1. The maximum absolute atomic E-state index is 8.62. The third kappa shape index (κ3) is 2.41. The van der Waals surface area contributed by atoms with E-state index in [4.69, 9.17) is 21.0 Å². The Labute approximate surface area is 87.6 Å². The van der Waals surface area contributed by atoms with Crippen LogP contribution in [-0.2, 0) is 0 Å². The first kappa shape index (κ1) is 11.4. The molecule has 0 saturated heterocycles. The lowest BCUT2D eigenvalue weighted by Crippen LogP contribution is -2.18. The van der Waals surface area contributed by atoms with Crippen LogP contribution in [0.2, 0.25) is 0 Å². The van der Waals surface area contributed by atoms with Gasteiger partial charge in [-0.15, -0.1) is 5.10 Å². The van der Waals surface area contributed by atoms with Crippen LogP contribution in [0.15, 0.2) is 0 Å². The lowest BCUT2D eigenvalue weighted by Gasteiger charge is -2.11. The Morgan fingerprint density at radius 2 is 2.13 bits per heavy atom. The summed E-state index contributed by atoms with van der Waals surface area (Å²) in [6, 6.07) is 0. The molecule has 0 fully saturated rings. The highest BCUT2D eigenvalue weighted by Crippen LogP contribution is 2.19. The van der Waals surface area contributed by atoms with Gasteiger partial charge in [0.1, 0.15) is 12.4 Å². The molecule has 15 heavy (non-hydrogen) atoms. The van der Waals surface area contributed by atoms with E-state index in [0.717, 1.165) is 5.56 Å². The Bertz CT molecular complexity index is 379. The summed E-state index contributed by atoms with van der Waals surface area (Å²) in [4.78, 5) is 0. The number of rotatable bonds is 4. The second-order valence-electron chi connectivity index (χ2n) is 3.08. The molecule has 0 aliphatic rings. The Hall–Kier alpha value is -1.69. The van der Waals surface area contributed by atoms with Gasteiger partial charge in [0.25, 0.3) is 0 Å². The molecule has 0 atom stereocenters. The van der Waals surface area contributed by atoms with Crippen LogP contribution in [0.1, 0.15) is 16.8 Å². The van der Waals surface area contributed by atoms with Gasteiger partial charge in [-0.25, -0.2) is 0 Å². The van der Waals surface area contributed by atoms with Crippen LogP contribution in [0.5, 0.6) is 5.88 Å². The van der Waals surface area contributed by atoms with Crippen molar-refractivity contribution in [3.8, 4) is 5.88 Å². The molecule has 0 aliphatic carbocycles. The smallest absolute Gasteiger partial charge is 0.244 e. The monoisotopic (exact) mass is 210 g/mol. The molecule has 1 rings (SSSR count). The van der Waals surface area contributed by atoms with E-state index < -0.39 is 0 Å². The molecule has 0 aliphatic heterocycles. The summed E-state index contributed by atoms with van der Waals surface area (Å²) in [5, 5.41) is 23.7. The third-order valence-electron chi connectivity index (χ3n) is 2.02. The van der Waals surface area contributed by atoms with Crippen LogP contribution in [0, 0.1) is 19.3 Å². The second-order valence-corrected chi connectivity index (χ2v) is 3.08. The molecule has 0 radical (unpaired) electrons. The fraction of sp³-hybridized carbons (Fsp3) is 0.444. The summed E-state index contributed by atoms with van der Waals surface area (Å²) in [6.45, 7) is 3.57. The van der Waals surface area contributed by atoms with Crippen molar-refractivity contribution >= 4 is 5.84 Å². The van der Waals surface area contributed by atoms with Crippen molar-refractivity contribution in [2.24, 2.45) is 5.73 Å². The van der Waals surface area contributed by atoms with Gasteiger partial charge in [-0.1, -0.05) is 0 Å². The van der Waals surface area contributed by atoms with E-state index in [2.05, 4.69) is 10.2 Å². The van der Waals surface area contributed by atoms with Crippen molar-refractivity contribution in [3.63, 3.8) is 0 Å². The van der Waals surface area contributed by atoms with E-state index in [9.17, 15) is 0 Å². The first-order valence-electron chi connectivity index (χ1n) is 4.49. The molecule has 0 amide bonds. The number of aliphatic hydroxyl groups is 1. The average molecular weight is 210 g/mol. The predicted molar refractivity (Wildman–Crippen MR) is 55.1 cm³/mol. The summed E-state index contributed by atoms with van der Waals surface area (Å²) in [5.74, 6) is 0.0816. The van der Waals surface area contributed by atoms with Gasteiger partial charge in [0.05, 0.1) is 17.9 Å². The van der Waals surface area contributed by atoms with E-state index in [1.54, 1.807) is 13.8 Å². The van der Waals surface area contributed by atoms with Gasteiger partial charge in [0.15, 0.2) is 0 Å². The number of ether oxygens (including phenoxy) is 1. The zero-order valence-corrected chi connectivity index (χ0v) is 8.74. The zero-order chi connectivity index (χ0) is 11.4. The molecule has 4 N–H and O–H groups in total. The Kier molecular flexibility index (Phi) is 3.56. The van der Waals surface area contributed by atoms with Crippen LogP contribution >= 0.6 is 0 Å². The number of hydrogen-bond acceptors (Lipinski definition) is 5. The summed E-state index contributed by atoms with van der Waals surface area (Å²) < 4.78 is 5.14. The maximum atomic E-state index is 8.62. The second kappa shape index (κ2) is 4.70. The summed E-state index contributed by atoms with van der Waals surface area (Å²) in [5.41, 5.74) is 7.34. The maximum Gasteiger partial charge on any atom is 0.244 e. The van der Waals surface area contributed by atoms with Crippen LogP contribution in [0.3, 0.4) is 0 Å². The first-order chi connectivity index (χ1) is 7.07. The molecular formula is C9H14N4O2. The van der Waals surface area contributed by atoms with Gasteiger partial charge >= 0.3 is 0 Å². The minimum Gasteiger partial charge on any atom is -0.474 e. The molecule has 0 spiro atoms. The van der Waals surface area contributed by atoms with Crippen molar-refractivity contribution in [2.45, 2.75) is 13.8 Å². The molecule has 6 heteroatoms. The molecule has 1 aromatic heterocycles. The number of aromatic nitrogens is 2. The van der Waals surface area contributed by atoms with Crippen LogP contribution in [0.25, 0.3) is 0 Å². The van der Waals surface area contributed by atoms with E-state index in [-0.39, 0.29) is 24.9 Å². The summed E-state index contributed by atoms with van der Waals surface area (Å²) in [6.07, 6.45) is 0. The largest absolute Gasteiger partial charge is 0.474 e. The number of nitrogen functional groups attached to an aromatic ring is 1. The lowest BCUT2D eigenvalue weighted by molar-refractivity contribution is 0.195. The first-order valence-corrected chi connectivity index (χ1v) is 4.49. The molecular weight excluding hydrogens is 196 g/mol. The van der Waals surface area contributed by atoms with Gasteiger partial charge in [-0.3, -0.25) is 5.41 Å². The van der Waals surface area contributed by atoms with Gasteiger partial charge in [0, 0.05) is 0 Å². The van der Waals surface area contributed by atoms with Gasteiger partial charge in [-0.05, 0) is 19.4 Å². The molecule has 1 heterocycles. The van der Waals surface area contributed by atoms with Crippen molar-refractivity contribution in [1.29, 1.82) is 5.41 Å². The van der Waals surface area contributed by atoms with Crippen molar-refractivity contribution in [3.05, 3.63) is 16.8 Å². The molecule has 82 valence electrons. The SMILES string of the molecule is Cc1nnc(OCCO)c(C(=N)N)c1C. The van der Waals surface area contributed by atoms with Gasteiger partial charge in [-0.2, -0.15) is 5.10 Å². The highest BCUT2D eigenvalue weighted by Gasteiger charge is 2.14. The standard InChI is InChI=1S/C9H14N4O2/c1-5-6(2)12-13-9(15-4-3-14)7(5)8(10)11/h14H,3-4H2,1-2H3,(H3,10,11). The summed E-state index contributed by atoms with van der Waals surface area (Å²) >= 11 is 0. The molecule has 0 aromatic carbocycles. The highest BCUT2D eigenvalue weighted by atomic mass is 16.5. The van der Waals surface area contributed by atoms with Gasteiger partial charge in [0.2, 0.25) is 5.88 Å². The van der Waals surface area contributed by atoms with Crippen molar-refractivity contribution in [2.75, 3.05) is 13.2 Å². The summed E-state index contributed by atoms with van der Waals surface area (Å²) in [7, 11) is 0. The lowest BCUT2D eigenvalue weighted by atomic mass is 10.1. The van der Waals surface area contributed by atoms with Crippen LogP contribution in [-0.4, -0.2) is 34.4 Å². The fourth-order valence-corrected chi connectivity index (χ4v) is 1.15. The minimum atomic E-state index is -0.119. The van der Waals surface area contributed by atoms with Crippen LogP contribution in [0.4, 0.5) is 0 Å². The Morgan fingerprint density at radius 1 is 1.47 bits per heavy atom. The number of amidine groups is 1. The van der Waals surface area contributed by atoms with Crippen molar-refractivity contribution in [1.82, 2.24) is 10.2 Å². The molecule has 0 bridgehead atoms. The number of nitrogens with zero attached hydrogens (tertiary/aromatic N) is 2. The number of nitrogens with two attached hydrogens (primary N) is 1. The molecule has 0 unspecified atom stereocenters. The van der Waals surface area contributed by atoms with E-state index >= 15 is 0 Å². The average Bonchev–Trinajstić information content (AvgIpc) is 2.19. The Balaban J connectivity index is 3.15. The molecule has 1 aromatic rings. The Morgan fingerprint density at radius 3 is 2.67 bits per heavy atom. The van der Waals surface area contributed by atoms with E-state index in [0.29, 0.717) is 11.3 Å². The fourth-order valence-electron chi connectivity index (χ4n) is 1.15. The van der Waals surface area contributed by atoms with Crippen molar-refractivity contribution < 1.29 is 9.84 Å². The number of aryl methyl sites for hydroxylation is 1. The predicted octanol–water partition coefficient (Wildman–Crippen LogP) is -0.251. The van der Waals surface area contributed by atoms with Crippen LogP contribution < -0.4 is 10.5 Å². The normalized spacial score (nSPS) is 10.1. The minimum absolute atomic E-state index is 0.109. The zero-order valence-electron chi connectivity index (χ0n) is 8.74.